The third kappa shape index (κ3) is 5.60. The van der Waals surface area contributed by atoms with Crippen molar-refractivity contribution in [2.45, 2.75) is 26.8 Å². The Morgan fingerprint density at radius 1 is 1.47 bits per heavy atom. The number of rotatable bonds is 8. The molecule has 0 aliphatic carbocycles. The lowest BCUT2D eigenvalue weighted by atomic mass is 10.4. The van der Waals surface area contributed by atoms with Crippen molar-refractivity contribution >= 4 is 0 Å². The van der Waals surface area contributed by atoms with Gasteiger partial charge in [0.15, 0.2) is 0 Å². The van der Waals surface area contributed by atoms with Crippen molar-refractivity contribution in [2.75, 3.05) is 26.3 Å². The monoisotopic (exact) mass is 239 g/mol. The molecule has 0 bridgehead atoms. The molecule has 5 heteroatoms. The van der Waals surface area contributed by atoms with Gasteiger partial charge in [-0.05, 0) is 32.4 Å². The first kappa shape index (κ1) is 13.9. The highest BCUT2D eigenvalue weighted by molar-refractivity contribution is 4.99. The molecule has 5 nitrogen and oxygen atoms in total. The van der Waals surface area contributed by atoms with Crippen LogP contribution in [0.3, 0.4) is 0 Å². The smallest absolute Gasteiger partial charge is 0.347 e. The second-order valence-electron chi connectivity index (χ2n) is 3.91. The molecule has 0 aliphatic heterocycles. The lowest BCUT2D eigenvalue weighted by molar-refractivity contribution is 0.145. The van der Waals surface area contributed by atoms with E-state index in [9.17, 15) is 4.79 Å². The summed E-state index contributed by atoms with van der Waals surface area (Å²) in [5.74, 6) is 0. The summed E-state index contributed by atoms with van der Waals surface area (Å²) in [4.78, 5) is 15.2. The molecule has 0 unspecified atom stereocenters. The zero-order valence-corrected chi connectivity index (χ0v) is 10.6. The number of hydrogen-bond acceptors (Lipinski definition) is 4. The third-order valence-electron chi connectivity index (χ3n) is 2.36. The predicted molar refractivity (Wildman–Crippen MR) is 67.2 cm³/mol. The maximum atomic E-state index is 11.4. The Morgan fingerprint density at radius 2 is 2.29 bits per heavy atom. The van der Waals surface area contributed by atoms with Crippen molar-refractivity contribution < 1.29 is 4.74 Å². The molecule has 17 heavy (non-hydrogen) atoms. The van der Waals surface area contributed by atoms with E-state index in [1.165, 1.54) is 0 Å². The van der Waals surface area contributed by atoms with Gasteiger partial charge in [0.1, 0.15) is 0 Å². The molecule has 0 fully saturated rings. The summed E-state index contributed by atoms with van der Waals surface area (Å²) >= 11 is 0. The maximum absolute atomic E-state index is 11.4. The summed E-state index contributed by atoms with van der Waals surface area (Å²) in [7, 11) is 0. The minimum Gasteiger partial charge on any atom is -0.382 e. The molecule has 0 spiro atoms. The van der Waals surface area contributed by atoms with E-state index in [4.69, 9.17) is 4.74 Å². The van der Waals surface area contributed by atoms with Gasteiger partial charge in [-0.3, -0.25) is 4.57 Å². The van der Waals surface area contributed by atoms with Crippen LogP contribution in [0.4, 0.5) is 0 Å². The summed E-state index contributed by atoms with van der Waals surface area (Å²) < 4.78 is 6.86. The summed E-state index contributed by atoms with van der Waals surface area (Å²) in [6.07, 6.45) is 4.42. The average molecular weight is 239 g/mol. The molecule has 1 rings (SSSR count). The largest absolute Gasteiger partial charge is 0.382 e. The molecule has 0 radical (unpaired) electrons. The van der Waals surface area contributed by atoms with Crippen LogP contribution in [0.5, 0.6) is 0 Å². The fourth-order valence-corrected chi connectivity index (χ4v) is 1.49. The zero-order chi connectivity index (χ0) is 12.5. The fraction of sp³-hybridized carbons (Fsp3) is 0.667. The molecular formula is C12H21N3O2. The Kier molecular flexibility index (Phi) is 6.50. The summed E-state index contributed by atoms with van der Waals surface area (Å²) in [5, 5.41) is 3.27. The van der Waals surface area contributed by atoms with Crippen LogP contribution in [0.25, 0.3) is 0 Å². The van der Waals surface area contributed by atoms with Crippen LogP contribution < -0.4 is 11.0 Å². The number of aryl methyl sites for hydroxylation is 1. The molecule has 1 aromatic heterocycles. The van der Waals surface area contributed by atoms with Crippen molar-refractivity contribution in [3.63, 3.8) is 0 Å². The Balaban J connectivity index is 2.18. The van der Waals surface area contributed by atoms with E-state index in [0.29, 0.717) is 6.54 Å². The van der Waals surface area contributed by atoms with Gasteiger partial charge in [-0.25, -0.2) is 9.78 Å². The Morgan fingerprint density at radius 3 is 3.06 bits per heavy atom. The van der Waals surface area contributed by atoms with Gasteiger partial charge in [0.05, 0.1) is 0 Å². The van der Waals surface area contributed by atoms with E-state index < -0.39 is 0 Å². The van der Waals surface area contributed by atoms with Gasteiger partial charge in [0, 0.05) is 38.7 Å². The molecule has 0 aliphatic rings. The fourth-order valence-electron chi connectivity index (χ4n) is 1.49. The van der Waals surface area contributed by atoms with Gasteiger partial charge in [-0.1, -0.05) is 0 Å². The molecule has 1 aromatic rings. The lowest BCUT2D eigenvalue weighted by Gasteiger charge is -2.07. The molecule has 96 valence electrons. The SMILES string of the molecule is CCOCCCNCCn1cc(C)cnc1=O. The maximum Gasteiger partial charge on any atom is 0.347 e. The zero-order valence-electron chi connectivity index (χ0n) is 10.6. The van der Waals surface area contributed by atoms with Gasteiger partial charge in [0.2, 0.25) is 0 Å². The number of aromatic nitrogens is 2. The van der Waals surface area contributed by atoms with E-state index >= 15 is 0 Å². The number of ether oxygens (including phenoxy) is 1. The Labute approximate surface area is 102 Å². The van der Waals surface area contributed by atoms with Crippen LogP contribution in [0.15, 0.2) is 17.2 Å². The van der Waals surface area contributed by atoms with Crippen LogP contribution in [-0.4, -0.2) is 35.9 Å². The molecule has 0 amide bonds. The highest BCUT2D eigenvalue weighted by Gasteiger charge is 1.96. The van der Waals surface area contributed by atoms with Gasteiger partial charge in [-0.2, -0.15) is 0 Å². The summed E-state index contributed by atoms with van der Waals surface area (Å²) in [5.41, 5.74) is 0.813. The normalized spacial score (nSPS) is 10.7. The standard InChI is InChI=1S/C12H21N3O2/c1-3-17-8-4-5-13-6-7-15-10-11(2)9-14-12(15)16/h9-10,13H,3-8H2,1-2H3. The van der Waals surface area contributed by atoms with Crippen molar-refractivity contribution in [1.29, 1.82) is 0 Å². The van der Waals surface area contributed by atoms with E-state index in [0.717, 1.165) is 38.3 Å². The van der Waals surface area contributed by atoms with Crippen LogP contribution in [0.2, 0.25) is 0 Å². The van der Waals surface area contributed by atoms with Crippen LogP contribution in [-0.2, 0) is 11.3 Å². The van der Waals surface area contributed by atoms with Crippen molar-refractivity contribution in [1.82, 2.24) is 14.9 Å². The Bertz CT molecular complexity index is 376. The van der Waals surface area contributed by atoms with Crippen LogP contribution in [0, 0.1) is 6.92 Å². The lowest BCUT2D eigenvalue weighted by Crippen LogP contribution is -2.29. The minimum atomic E-state index is -0.188. The highest BCUT2D eigenvalue weighted by Crippen LogP contribution is 1.89. The second-order valence-corrected chi connectivity index (χ2v) is 3.91. The Hall–Kier alpha value is -1.20. The summed E-state index contributed by atoms with van der Waals surface area (Å²) in [6, 6.07) is 0. The van der Waals surface area contributed by atoms with E-state index in [-0.39, 0.29) is 5.69 Å². The number of nitrogens with zero attached hydrogens (tertiary/aromatic N) is 2. The minimum absolute atomic E-state index is 0.188. The first-order chi connectivity index (χ1) is 8.24. The summed E-state index contributed by atoms with van der Waals surface area (Å²) in [6.45, 7) is 7.82. The second kappa shape index (κ2) is 7.97. The number of nitrogens with one attached hydrogen (secondary N) is 1. The van der Waals surface area contributed by atoms with Crippen LogP contribution in [0.1, 0.15) is 18.9 Å². The van der Waals surface area contributed by atoms with E-state index in [1.54, 1.807) is 10.8 Å². The van der Waals surface area contributed by atoms with Gasteiger partial charge in [0.25, 0.3) is 0 Å². The topological polar surface area (TPSA) is 56.1 Å². The molecule has 0 aromatic carbocycles. The van der Waals surface area contributed by atoms with Crippen molar-refractivity contribution in [3.8, 4) is 0 Å². The van der Waals surface area contributed by atoms with Gasteiger partial charge >= 0.3 is 5.69 Å². The van der Waals surface area contributed by atoms with Gasteiger partial charge in [-0.15, -0.1) is 0 Å². The first-order valence-electron chi connectivity index (χ1n) is 6.05. The van der Waals surface area contributed by atoms with Crippen LogP contribution >= 0.6 is 0 Å². The van der Waals surface area contributed by atoms with Gasteiger partial charge < -0.3 is 10.1 Å². The first-order valence-corrected chi connectivity index (χ1v) is 6.05. The number of hydrogen-bond donors (Lipinski definition) is 1. The van der Waals surface area contributed by atoms with Crippen molar-refractivity contribution in [2.24, 2.45) is 0 Å². The molecule has 0 saturated heterocycles. The van der Waals surface area contributed by atoms with E-state index in [2.05, 4.69) is 10.3 Å². The molecule has 1 heterocycles. The van der Waals surface area contributed by atoms with E-state index in [1.807, 2.05) is 20.0 Å². The predicted octanol–water partition coefficient (Wildman–Crippen LogP) is 0.568. The quantitative estimate of drug-likeness (QED) is 0.674. The average Bonchev–Trinajstić information content (AvgIpc) is 2.32. The van der Waals surface area contributed by atoms with Crippen molar-refractivity contribution in [3.05, 3.63) is 28.4 Å². The molecule has 1 N–H and O–H groups in total. The highest BCUT2D eigenvalue weighted by atomic mass is 16.5. The molecule has 0 saturated carbocycles. The molecular weight excluding hydrogens is 218 g/mol. The molecule has 0 atom stereocenters. The third-order valence-corrected chi connectivity index (χ3v) is 2.36.